The minimum atomic E-state index is -0.943. The number of rotatable bonds is 7. The van der Waals surface area contributed by atoms with Crippen LogP contribution in [0.25, 0.3) is 0 Å². The minimum absolute atomic E-state index is 0.306. The minimum Gasteiger partial charge on any atom is -0.349 e. The first kappa shape index (κ1) is 23.6. The molecule has 5 nitrogen and oxygen atoms in total. The van der Waals surface area contributed by atoms with Gasteiger partial charge >= 0.3 is 0 Å². The fraction of sp³-hybridized carbons (Fsp3) is 0.320. The number of aryl methyl sites for hydroxylation is 2. The number of carbonyl (C=O) groups excluding carboxylic acids is 2. The van der Waals surface area contributed by atoms with Crippen molar-refractivity contribution < 1.29 is 14.0 Å². The highest BCUT2D eigenvalue weighted by atomic mass is 32.1. The number of benzene rings is 2. The zero-order valence-corrected chi connectivity index (χ0v) is 19.8. The number of halogens is 1. The van der Waals surface area contributed by atoms with E-state index in [1.165, 1.54) is 40.5 Å². The number of amides is 2. The van der Waals surface area contributed by atoms with Gasteiger partial charge in [-0.15, -0.1) is 11.3 Å². The Kier molecular flexibility index (Phi) is 7.09. The summed E-state index contributed by atoms with van der Waals surface area (Å²) in [7, 11) is 0. The molecule has 0 radical (unpaired) electrons. The lowest BCUT2D eigenvalue weighted by Crippen LogP contribution is -2.50. The Hall–Kier alpha value is -3.06. The van der Waals surface area contributed by atoms with Crippen molar-refractivity contribution >= 4 is 28.8 Å². The van der Waals surface area contributed by atoms with Crippen molar-refractivity contribution in [1.29, 1.82) is 0 Å². The summed E-state index contributed by atoms with van der Waals surface area (Å²) in [5, 5.41) is 3.83. The van der Waals surface area contributed by atoms with E-state index >= 15 is 0 Å². The molecular weight excluding hydrogens is 425 g/mol. The summed E-state index contributed by atoms with van der Waals surface area (Å²) in [4.78, 5) is 33.8. The Morgan fingerprint density at radius 2 is 1.72 bits per heavy atom. The third-order valence-electron chi connectivity index (χ3n) is 5.39. The topological polar surface area (TPSA) is 62.3 Å². The van der Waals surface area contributed by atoms with Gasteiger partial charge in [0.2, 0.25) is 5.91 Å². The van der Waals surface area contributed by atoms with E-state index in [1.807, 2.05) is 58.0 Å². The van der Waals surface area contributed by atoms with Crippen molar-refractivity contribution in [2.45, 2.75) is 52.6 Å². The maximum Gasteiger partial charge on any atom is 0.271 e. The van der Waals surface area contributed by atoms with Crippen LogP contribution < -0.4 is 10.2 Å². The standard InChI is InChI=1S/C25H28FN3O2S/c1-6-25(4,5)28-23(30)21(18-10-8-7-9-11-18)29(20-14-12-19(26)13-15-20)24(31)22-16(2)27-17(3)32-22/h7-15,21H,6H2,1-5H3,(H,28,30). The third kappa shape index (κ3) is 5.22. The summed E-state index contributed by atoms with van der Waals surface area (Å²) in [5.41, 5.74) is 1.23. The molecule has 0 fully saturated rings. The molecule has 1 heterocycles. The second kappa shape index (κ2) is 9.61. The molecule has 7 heteroatoms. The highest BCUT2D eigenvalue weighted by molar-refractivity contribution is 7.13. The van der Waals surface area contributed by atoms with Gasteiger partial charge in [0, 0.05) is 11.2 Å². The van der Waals surface area contributed by atoms with Gasteiger partial charge in [-0.25, -0.2) is 9.37 Å². The molecule has 32 heavy (non-hydrogen) atoms. The maximum absolute atomic E-state index is 13.8. The van der Waals surface area contributed by atoms with Crippen LogP contribution in [0.3, 0.4) is 0 Å². The molecule has 1 aromatic heterocycles. The smallest absolute Gasteiger partial charge is 0.271 e. The number of aromatic nitrogens is 1. The SMILES string of the molecule is CCC(C)(C)NC(=O)C(c1ccccc1)N(C(=O)c1sc(C)nc1C)c1ccc(F)cc1. The van der Waals surface area contributed by atoms with Crippen LogP contribution in [0.2, 0.25) is 0 Å². The van der Waals surface area contributed by atoms with Crippen molar-refractivity contribution in [3.63, 3.8) is 0 Å². The predicted octanol–water partition coefficient (Wildman–Crippen LogP) is 5.59. The van der Waals surface area contributed by atoms with Gasteiger partial charge in [0.15, 0.2) is 0 Å². The molecule has 0 bridgehead atoms. The quantitative estimate of drug-likeness (QED) is 0.507. The normalized spacial score (nSPS) is 12.3. The molecule has 1 N–H and O–H groups in total. The number of carbonyl (C=O) groups is 2. The lowest BCUT2D eigenvalue weighted by Gasteiger charge is -2.34. The van der Waals surface area contributed by atoms with E-state index in [4.69, 9.17) is 0 Å². The van der Waals surface area contributed by atoms with Gasteiger partial charge in [-0.1, -0.05) is 37.3 Å². The Morgan fingerprint density at radius 3 is 2.25 bits per heavy atom. The van der Waals surface area contributed by atoms with Crippen LogP contribution in [0, 0.1) is 19.7 Å². The van der Waals surface area contributed by atoms with E-state index < -0.39 is 17.4 Å². The number of nitrogens with zero attached hydrogens (tertiary/aromatic N) is 2. The fourth-order valence-corrected chi connectivity index (χ4v) is 4.22. The number of nitrogens with one attached hydrogen (secondary N) is 1. The van der Waals surface area contributed by atoms with Crippen LogP contribution in [-0.4, -0.2) is 22.3 Å². The molecule has 0 spiro atoms. The summed E-state index contributed by atoms with van der Waals surface area (Å²) < 4.78 is 13.7. The summed E-state index contributed by atoms with van der Waals surface area (Å²) >= 11 is 1.28. The van der Waals surface area contributed by atoms with Crippen molar-refractivity contribution in [2.24, 2.45) is 0 Å². The monoisotopic (exact) mass is 453 g/mol. The molecular formula is C25H28FN3O2S. The van der Waals surface area contributed by atoms with E-state index in [2.05, 4.69) is 10.3 Å². The molecule has 2 amide bonds. The predicted molar refractivity (Wildman–Crippen MR) is 126 cm³/mol. The largest absolute Gasteiger partial charge is 0.349 e. The zero-order chi connectivity index (χ0) is 23.5. The van der Waals surface area contributed by atoms with Crippen LogP contribution in [0.15, 0.2) is 54.6 Å². The Labute approximate surface area is 192 Å². The van der Waals surface area contributed by atoms with Crippen LogP contribution in [-0.2, 0) is 4.79 Å². The van der Waals surface area contributed by atoms with Gasteiger partial charge in [-0.2, -0.15) is 0 Å². The Balaban J connectivity index is 2.18. The molecule has 168 valence electrons. The van der Waals surface area contributed by atoms with Crippen LogP contribution in [0.5, 0.6) is 0 Å². The molecule has 3 rings (SSSR count). The zero-order valence-electron chi connectivity index (χ0n) is 19.0. The van der Waals surface area contributed by atoms with Gasteiger partial charge in [-0.3, -0.25) is 14.5 Å². The lowest BCUT2D eigenvalue weighted by atomic mass is 9.98. The first-order chi connectivity index (χ1) is 15.1. The van der Waals surface area contributed by atoms with Crippen molar-refractivity contribution in [3.8, 4) is 0 Å². The summed E-state index contributed by atoms with van der Waals surface area (Å²) in [6.45, 7) is 9.48. The van der Waals surface area contributed by atoms with Gasteiger partial charge in [0.1, 0.15) is 16.7 Å². The highest BCUT2D eigenvalue weighted by Crippen LogP contribution is 2.32. The van der Waals surface area contributed by atoms with Crippen molar-refractivity contribution in [1.82, 2.24) is 10.3 Å². The van der Waals surface area contributed by atoms with Crippen LogP contribution in [0.4, 0.5) is 10.1 Å². The van der Waals surface area contributed by atoms with Gasteiger partial charge in [-0.05, 0) is 63.9 Å². The number of anilines is 1. The number of hydrogen-bond acceptors (Lipinski definition) is 4. The van der Waals surface area contributed by atoms with Crippen molar-refractivity contribution in [3.05, 3.63) is 81.6 Å². The van der Waals surface area contributed by atoms with Gasteiger partial charge < -0.3 is 5.32 Å². The summed E-state index contributed by atoms with van der Waals surface area (Å²) in [6, 6.07) is 13.8. The molecule has 3 aromatic rings. The summed E-state index contributed by atoms with van der Waals surface area (Å²) in [5.74, 6) is -1.07. The van der Waals surface area contributed by atoms with E-state index in [0.29, 0.717) is 21.8 Å². The molecule has 0 saturated carbocycles. The first-order valence-corrected chi connectivity index (χ1v) is 11.3. The van der Waals surface area contributed by atoms with Crippen LogP contribution in [0.1, 0.15) is 59.2 Å². The molecule has 1 unspecified atom stereocenters. The molecule has 0 aliphatic carbocycles. The fourth-order valence-electron chi connectivity index (χ4n) is 3.37. The maximum atomic E-state index is 13.8. The Morgan fingerprint density at radius 1 is 1.09 bits per heavy atom. The van der Waals surface area contributed by atoms with Crippen LogP contribution >= 0.6 is 11.3 Å². The number of thiazole rings is 1. The second-order valence-electron chi connectivity index (χ2n) is 8.34. The molecule has 0 saturated heterocycles. The Bertz CT molecular complexity index is 1090. The van der Waals surface area contributed by atoms with Gasteiger partial charge in [0.05, 0.1) is 10.7 Å². The van der Waals surface area contributed by atoms with Gasteiger partial charge in [0.25, 0.3) is 5.91 Å². The molecule has 0 aliphatic heterocycles. The first-order valence-electron chi connectivity index (χ1n) is 10.5. The lowest BCUT2D eigenvalue weighted by molar-refractivity contribution is -0.124. The van der Waals surface area contributed by atoms with E-state index in [1.54, 1.807) is 6.92 Å². The van der Waals surface area contributed by atoms with E-state index in [0.717, 1.165) is 11.4 Å². The van der Waals surface area contributed by atoms with E-state index in [9.17, 15) is 14.0 Å². The highest BCUT2D eigenvalue weighted by Gasteiger charge is 2.36. The number of hydrogen-bond donors (Lipinski definition) is 1. The molecule has 0 aliphatic rings. The summed E-state index contributed by atoms with van der Waals surface area (Å²) in [6.07, 6.45) is 0.720. The third-order valence-corrected chi connectivity index (χ3v) is 6.45. The average Bonchev–Trinajstić information content (AvgIpc) is 3.10. The molecule has 2 aromatic carbocycles. The van der Waals surface area contributed by atoms with Crippen molar-refractivity contribution in [2.75, 3.05) is 4.90 Å². The average molecular weight is 454 g/mol. The molecule has 1 atom stereocenters. The second-order valence-corrected chi connectivity index (χ2v) is 9.54. The van der Waals surface area contributed by atoms with E-state index in [-0.39, 0.29) is 11.8 Å².